The summed E-state index contributed by atoms with van der Waals surface area (Å²) in [5, 5.41) is 0. The number of carbonyl (C=O) groups excluding carboxylic acids is 2. The molecule has 0 radical (unpaired) electrons. The van der Waals surface area contributed by atoms with Crippen LogP contribution >= 0.6 is 0 Å². The van der Waals surface area contributed by atoms with Crippen LogP contribution in [0.5, 0.6) is 0 Å². The molecule has 1 rings (SSSR count). The van der Waals surface area contributed by atoms with Crippen molar-refractivity contribution in [3.8, 4) is 0 Å². The monoisotopic (exact) mass is 310 g/mol. The number of rotatable bonds is 7. The number of esters is 2. The maximum Gasteiger partial charge on any atom is 0.333 e. The van der Waals surface area contributed by atoms with Gasteiger partial charge < -0.3 is 9.47 Å². The molecule has 0 bridgehead atoms. The van der Waals surface area contributed by atoms with Crippen LogP contribution in [0.25, 0.3) is 0 Å². The SMILES string of the molecule is C=C(CC[C@@H]1CCC[C@@H]1COC(=O)C(C)(C)C)C(=O)OCC. The van der Waals surface area contributed by atoms with Crippen molar-refractivity contribution in [2.75, 3.05) is 13.2 Å². The molecule has 0 saturated heterocycles. The molecule has 1 aliphatic carbocycles. The third-order valence-corrected chi connectivity index (χ3v) is 4.24. The zero-order valence-corrected chi connectivity index (χ0v) is 14.4. The van der Waals surface area contributed by atoms with Gasteiger partial charge in [-0.15, -0.1) is 0 Å². The average molecular weight is 310 g/mol. The van der Waals surface area contributed by atoms with Gasteiger partial charge in [0.15, 0.2) is 0 Å². The molecule has 22 heavy (non-hydrogen) atoms. The van der Waals surface area contributed by atoms with Gasteiger partial charge in [-0.1, -0.05) is 19.4 Å². The van der Waals surface area contributed by atoms with Crippen LogP contribution in [0.2, 0.25) is 0 Å². The van der Waals surface area contributed by atoms with Gasteiger partial charge in [0, 0.05) is 5.57 Å². The topological polar surface area (TPSA) is 52.6 Å². The summed E-state index contributed by atoms with van der Waals surface area (Å²) in [7, 11) is 0. The zero-order valence-electron chi connectivity index (χ0n) is 14.4. The summed E-state index contributed by atoms with van der Waals surface area (Å²) in [6, 6.07) is 0. The van der Waals surface area contributed by atoms with E-state index in [0.29, 0.717) is 37.0 Å². The van der Waals surface area contributed by atoms with Crippen molar-refractivity contribution in [3.63, 3.8) is 0 Å². The molecule has 0 N–H and O–H groups in total. The van der Waals surface area contributed by atoms with Crippen LogP contribution in [0.15, 0.2) is 12.2 Å². The quantitative estimate of drug-likeness (QED) is 0.529. The van der Waals surface area contributed by atoms with Gasteiger partial charge in [-0.05, 0) is 58.8 Å². The minimum Gasteiger partial charge on any atom is -0.465 e. The van der Waals surface area contributed by atoms with Gasteiger partial charge in [-0.2, -0.15) is 0 Å². The fraction of sp³-hybridized carbons (Fsp3) is 0.778. The molecule has 0 aliphatic heterocycles. The Labute approximate surface area is 134 Å². The van der Waals surface area contributed by atoms with Crippen LogP contribution < -0.4 is 0 Å². The number of hydrogen-bond donors (Lipinski definition) is 0. The fourth-order valence-electron chi connectivity index (χ4n) is 2.81. The summed E-state index contributed by atoms with van der Waals surface area (Å²) < 4.78 is 10.4. The van der Waals surface area contributed by atoms with Gasteiger partial charge in [0.25, 0.3) is 0 Å². The van der Waals surface area contributed by atoms with E-state index >= 15 is 0 Å². The highest BCUT2D eigenvalue weighted by Gasteiger charge is 2.30. The number of carbonyl (C=O) groups is 2. The maximum atomic E-state index is 11.9. The van der Waals surface area contributed by atoms with Crippen molar-refractivity contribution in [1.29, 1.82) is 0 Å². The van der Waals surface area contributed by atoms with Crippen molar-refractivity contribution in [2.45, 2.75) is 59.8 Å². The number of ether oxygens (including phenoxy) is 2. The molecule has 0 aromatic heterocycles. The molecular formula is C18H30O4. The molecule has 1 saturated carbocycles. The molecule has 0 heterocycles. The van der Waals surface area contributed by atoms with Crippen molar-refractivity contribution in [3.05, 3.63) is 12.2 Å². The first kappa shape index (κ1) is 18.7. The van der Waals surface area contributed by atoms with Crippen LogP contribution in [-0.4, -0.2) is 25.2 Å². The van der Waals surface area contributed by atoms with Crippen molar-refractivity contribution in [1.82, 2.24) is 0 Å². The van der Waals surface area contributed by atoms with E-state index in [0.717, 1.165) is 25.7 Å². The predicted molar refractivity (Wildman–Crippen MR) is 86.3 cm³/mol. The first-order valence-corrected chi connectivity index (χ1v) is 8.27. The lowest BCUT2D eigenvalue weighted by Gasteiger charge is -2.22. The van der Waals surface area contributed by atoms with Gasteiger partial charge in [0.05, 0.1) is 18.6 Å². The van der Waals surface area contributed by atoms with Gasteiger partial charge in [0.2, 0.25) is 0 Å². The molecular weight excluding hydrogens is 280 g/mol. The van der Waals surface area contributed by atoms with Gasteiger partial charge >= 0.3 is 11.9 Å². The van der Waals surface area contributed by atoms with E-state index in [2.05, 4.69) is 6.58 Å². The molecule has 1 aliphatic rings. The molecule has 126 valence electrons. The van der Waals surface area contributed by atoms with Crippen molar-refractivity contribution in [2.24, 2.45) is 17.3 Å². The second-order valence-electron chi connectivity index (χ2n) is 7.16. The lowest BCUT2D eigenvalue weighted by Crippen LogP contribution is -2.26. The fourth-order valence-corrected chi connectivity index (χ4v) is 2.81. The largest absolute Gasteiger partial charge is 0.465 e. The third-order valence-electron chi connectivity index (χ3n) is 4.24. The zero-order chi connectivity index (χ0) is 16.8. The summed E-state index contributed by atoms with van der Waals surface area (Å²) in [5.41, 5.74) is 0.0888. The third kappa shape index (κ3) is 5.82. The van der Waals surface area contributed by atoms with Crippen LogP contribution in [0.4, 0.5) is 0 Å². The van der Waals surface area contributed by atoms with Gasteiger partial charge in [0.1, 0.15) is 0 Å². The summed E-state index contributed by atoms with van der Waals surface area (Å²) in [4.78, 5) is 23.4. The Bertz CT molecular complexity index is 406. The normalized spacial score (nSPS) is 21.5. The molecule has 1 fully saturated rings. The highest BCUT2D eigenvalue weighted by Crippen LogP contribution is 2.36. The van der Waals surface area contributed by atoms with Gasteiger partial charge in [-0.3, -0.25) is 4.79 Å². The second-order valence-corrected chi connectivity index (χ2v) is 7.16. The molecule has 4 nitrogen and oxygen atoms in total. The highest BCUT2D eigenvalue weighted by atomic mass is 16.5. The first-order valence-electron chi connectivity index (χ1n) is 8.27. The Balaban J connectivity index is 2.39. The Morgan fingerprint density at radius 1 is 1.14 bits per heavy atom. The minimum atomic E-state index is -0.452. The van der Waals surface area contributed by atoms with Crippen molar-refractivity contribution >= 4 is 11.9 Å². The minimum absolute atomic E-state index is 0.144. The highest BCUT2D eigenvalue weighted by molar-refractivity contribution is 5.87. The summed E-state index contributed by atoms with van der Waals surface area (Å²) in [5.74, 6) is 0.463. The lowest BCUT2D eigenvalue weighted by molar-refractivity contribution is -0.154. The average Bonchev–Trinajstić information content (AvgIpc) is 2.88. The molecule has 0 spiro atoms. The van der Waals surface area contributed by atoms with Gasteiger partial charge in [-0.25, -0.2) is 4.79 Å². The predicted octanol–water partition coefficient (Wildman–Crippen LogP) is 3.89. The second kappa shape index (κ2) is 8.35. The van der Waals surface area contributed by atoms with E-state index in [-0.39, 0.29) is 11.9 Å². The summed E-state index contributed by atoms with van der Waals surface area (Å²) >= 11 is 0. The van der Waals surface area contributed by atoms with Crippen LogP contribution in [0, 0.1) is 17.3 Å². The van der Waals surface area contributed by atoms with Crippen LogP contribution in [0.3, 0.4) is 0 Å². The van der Waals surface area contributed by atoms with E-state index in [4.69, 9.17) is 9.47 Å². The molecule has 4 heteroatoms. The standard InChI is InChI=1S/C18H30O4/c1-6-21-16(19)13(2)10-11-14-8-7-9-15(14)12-22-17(20)18(3,4)5/h14-15H,2,6-12H2,1,3-5H3/t14-,15+/m0/s1. The van der Waals surface area contributed by atoms with E-state index < -0.39 is 5.41 Å². The smallest absolute Gasteiger partial charge is 0.333 e. The maximum absolute atomic E-state index is 11.9. The Kier molecular flexibility index (Phi) is 7.11. The molecule has 2 atom stereocenters. The van der Waals surface area contributed by atoms with Crippen molar-refractivity contribution < 1.29 is 19.1 Å². The Morgan fingerprint density at radius 2 is 1.77 bits per heavy atom. The molecule has 0 amide bonds. The van der Waals surface area contributed by atoms with E-state index in [9.17, 15) is 9.59 Å². The van der Waals surface area contributed by atoms with E-state index in [1.807, 2.05) is 20.8 Å². The number of hydrogen-bond acceptors (Lipinski definition) is 4. The first-order chi connectivity index (χ1) is 10.3. The van der Waals surface area contributed by atoms with E-state index in [1.54, 1.807) is 6.92 Å². The van der Waals surface area contributed by atoms with Crippen LogP contribution in [0.1, 0.15) is 59.8 Å². The lowest BCUT2D eigenvalue weighted by atomic mass is 9.90. The molecule has 0 unspecified atom stereocenters. The summed E-state index contributed by atoms with van der Waals surface area (Å²) in [6.45, 7) is 12.1. The molecule has 0 aromatic rings. The Hall–Kier alpha value is -1.32. The van der Waals surface area contributed by atoms with Crippen LogP contribution in [-0.2, 0) is 19.1 Å². The Morgan fingerprint density at radius 3 is 2.36 bits per heavy atom. The molecule has 0 aromatic carbocycles. The summed E-state index contributed by atoms with van der Waals surface area (Å²) in [6.07, 6.45) is 4.96. The van der Waals surface area contributed by atoms with E-state index in [1.165, 1.54) is 0 Å².